The van der Waals surface area contributed by atoms with Crippen molar-refractivity contribution < 1.29 is 22.4 Å². The molecular formula is C12H14F4N2O. The van der Waals surface area contributed by atoms with E-state index in [1.807, 2.05) is 0 Å². The molecule has 0 aromatic heterocycles. The average Bonchev–Trinajstić information content (AvgIpc) is 2.36. The molecule has 3 nitrogen and oxygen atoms in total. The molecule has 0 aliphatic rings. The molecule has 0 atom stereocenters. The lowest BCUT2D eigenvalue weighted by Gasteiger charge is -2.15. The average molecular weight is 278 g/mol. The highest BCUT2D eigenvalue weighted by molar-refractivity contribution is 5.94. The number of alkyl halides is 4. The molecule has 0 radical (unpaired) electrons. The van der Waals surface area contributed by atoms with Gasteiger partial charge in [0.15, 0.2) is 0 Å². The van der Waals surface area contributed by atoms with E-state index in [1.165, 1.54) is 12.1 Å². The number of hydrogen-bond acceptors (Lipinski definition) is 2. The highest BCUT2D eigenvalue weighted by Gasteiger charge is 2.40. The molecule has 0 saturated heterocycles. The Labute approximate surface area is 107 Å². The second-order valence-corrected chi connectivity index (χ2v) is 3.98. The molecule has 1 rings (SSSR count). The zero-order valence-corrected chi connectivity index (χ0v) is 10.0. The highest BCUT2D eigenvalue weighted by atomic mass is 19.3. The number of rotatable bonds is 6. The number of halogens is 4. The minimum atomic E-state index is -4.23. The van der Waals surface area contributed by atoms with Gasteiger partial charge in [0.25, 0.3) is 5.91 Å². The van der Waals surface area contributed by atoms with E-state index in [0.717, 1.165) is 5.56 Å². The summed E-state index contributed by atoms with van der Waals surface area (Å²) in [5.41, 5.74) is 6.26. The predicted molar refractivity (Wildman–Crippen MR) is 62.5 cm³/mol. The minimum Gasteiger partial charge on any atom is -0.346 e. The van der Waals surface area contributed by atoms with E-state index in [4.69, 9.17) is 5.73 Å². The summed E-state index contributed by atoms with van der Waals surface area (Å²) >= 11 is 0. The summed E-state index contributed by atoms with van der Waals surface area (Å²) < 4.78 is 49.1. The monoisotopic (exact) mass is 278 g/mol. The van der Waals surface area contributed by atoms with Crippen LogP contribution in [-0.2, 0) is 6.42 Å². The van der Waals surface area contributed by atoms with Crippen LogP contribution in [0.15, 0.2) is 24.3 Å². The molecule has 19 heavy (non-hydrogen) atoms. The molecule has 0 spiro atoms. The van der Waals surface area contributed by atoms with Gasteiger partial charge >= 0.3 is 12.3 Å². The molecule has 1 aromatic carbocycles. The second-order valence-electron chi connectivity index (χ2n) is 3.98. The third-order valence-electron chi connectivity index (χ3n) is 2.43. The van der Waals surface area contributed by atoms with Crippen molar-refractivity contribution in [2.75, 3.05) is 13.1 Å². The minimum absolute atomic E-state index is 0.135. The van der Waals surface area contributed by atoms with Crippen molar-refractivity contribution >= 4 is 5.91 Å². The molecule has 106 valence electrons. The Morgan fingerprint density at radius 2 is 2.05 bits per heavy atom. The van der Waals surface area contributed by atoms with Gasteiger partial charge in [-0.05, 0) is 30.7 Å². The summed E-state index contributed by atoms with van der Waals surface area (Å²) in [5, 5.41) is 1.79. The quantitative estimate of drug-likeness (QED) is 0.780. The van der Waals surface area contributed by atoms with Crippen LogP contribution in [0.5, 0.6) is 0 Å². The van der Waals surface area contributed by atoms with Crippen molar-refractivity contribution in [3.05, 3.63) is 35.4 Å². The molecule has 0 saturated carbocycles. The van der Waals surface area contributed by atoms with Crippen molar-refractivity contribution in [3.63, 3.8) is 0 Å². The molecule has 0 fully saturated rings. The third-order valence-corrected chi connectivity index (χ3v) is 2.43. The number of amides is 1. The van der Waals surface area contributed by atoms with Crippen LogP contribution in [0.1, 0.15) is 15.9 Å². The maximum absolute atomic E-state index is 12.6. The van der Waals surface area contributed by atoms with Gasteiger partial charge in [0.1, 0.15) is 0 Å². The number of carbonyl (C=O) groups excluding carboxylic acids is 1. The molecule has 0 heterocycles. The summed E-state index contributed by atoms with van der Waals surface area (Å²) in [4.78, 5) is 11.5. The molecule has 0 aliphatic heterocycles. The lowest BCUT2D eigenvalue weighted by molar-refractivity contribution is -0.123. The van der Waals surface area contributed by atoms with E-state index in [1.54, 1.807) is 17.4 Å². The number of hydrogen-bond donors (Lipinski definition) is 2. The lowest BCUT2D eigenvalue weighted by atomic mass is 10.1. The molecule has 0 bridgehead atoms. The fraction of sp³-hybridized carbons (Fsp3) is 0.417. The van der Waals surface area contributed by atoms with Crippen LogP contribution < -0.4 is 11.1 Å². The first-order valence-electron chi connectivity index (χ1n) is 5.60. The van der Waals surface area contributed by atoms with Crippen LogP contribution >= 0.6 is 0 Å². The fourth-order valence-electron chi connectivity index (χ4n) is 1.41. The zero-order chi connectivity index (χ0) is 14.5. The molecule has 7 heteroatoms. The summed E-state index contributed by atoms with van der Waals surface area (Å²) in [5.74, 6) is -5.05. The van der Waals surface area contributed by atoms with Gasteiger partial charge in [-0.3, -0.25) is 4.79 Å². The summed E-state index contributed by atoms with van der Waals surface area (Å²) in [6.07, 6.45) is -3.27. The van der Waals surface area contributed by atoms with Gasteiger partial charge in [-0.1, -0.05) is 12.1 Å². The standard InChI is InChI=1S/C12H14F4N2O/c13-11(14)12(15,16)7-18-10(19)9-3-1-2-8(6-9)4-5-17/h1-3,6,11H,4-5,7,17H2,(H,18,19). The first kappa shape index (κ1) is 15.4. The molecule has 0 unspecified atom stereocenters. The van der Waals surface area contributed by atoms with Crippen molar-refractivity contribution in [2.45, 2.75) is 18.8 Å². The summed E-state index contributed by atoms with van der Waals surface area (Å²) in [6.45, 7) is -1.01. The molecule has 0 aliphatic carbocycles. The number of nitrogens with one attached hydrogen (secondary N) is 1. The van der Waals surface area contributed by atoms with E-state index in [0.29, 0.717) is 13.0 Å². The van der Waals surface area contributed by atoms with Crippen LogP contribution in [0.25, 0.3) is 0 Å². The van der Waals surface area contributed by atoms with E-state index < -0.39 is 24.8 Å². The topological polar surface area (TPSA) is 55.1 Å². The van der Waals surface area contributed by atoms with Crippen LogP contribution in [-0.4, -0.2) is 31.3 Å². The Kier molecular flexibility index (Phi) is 5.29. The van der Waals surface area contributed by atoms with Gasteiger partial charge < -0.3 is 11.1 Å². The van der Waals surface area contributed by atoms with E-state index >= 15 is 0 Å². The largest absolute Gasteiger partial charge is 0.346 e. The summed E-state index contributed by atoms with van der Waals surface area (Å²) in [7, 11) is 0. The maximum Gasteiger partial charge on any atom is 0.324 e. The Morgan fingerprint density at radius 1 is 1.37 bits per heavy atom. The van der Waals surface area contributed by atoms with E-state index in [9.17, 15) is 22.4 Å². The Bertz CT molecular complexity index is 437. The van der Waals surface area contributed by atoms with Gasteiger partial charge in [0.05, 0.1) is 6.54 Å². The zero-order valence-electron chi connectivity index (χ0n) is 10.0. The van der Waals surface area contributed by atoms with Gasteiger partial charge in [-0.25, -0.2) is 8.78 Å². The van der Waals surface area contributed by atoms with Gasteiger partial charge in [0, 0.05) is 5.56 Å². The normalized spacial score (nSPS) is 11.7. The van der Waals surface area contributed by atoms with Crippen LogP contribution in [0.3, 0.4) is 0 Å². The predicted octanol–water partition coefficient (Wildman–Crippen LogP) is 1.82. The van der Waals surface area contributed by atoms with Gasteiger partial charge in [-0.2, -0.15) is 8.78 Å². The smallest absolute Gasteiger partial charge is 0.324 e. The third kappa shape index (κ3) is 4.51. The van der Waals surface area contributed by atoms with Crippen LogP contribution in [0, 0.1) is 0 Å². The second kappa shape index (κ2) is 6.51. The van der Waals surface area contributed by atoms with Crippen molar-refractivity contribution in [2.24, 2.45) is 5.73 Å². The Hall–Kier alpha value is -1.63. The van der Waals surface area contributed by atoms with Crippen molar-refractivity contribution in [1.82, 2.24) is 5.32 Å². The van der Waals surface area contributed by atoms with E-state index in [2.05, 4.69) is 0 Å². The van der Waals surface area contributed by atoms with Gasteiger partial charge in [-0.15, -0.1) is 0 Å². The first-order valence-corrected chi connectivity index (χ1v) is 5.60. The molecule has 1 aromatic rings. The first-order chi connectivity index (χ1) is 8.86. The number of benzene rings is 1. The molecule has 3 N–H and O–H groups in total. The van der Waals surface area contributed by atoms with Gasteiger partial charge in [0.2, 0.25) is 0 Å². The van der Waals surface area contributed by atoms with Crippen molar-refractivity contribution in [1.29, 1.82) is 0 Å². The Morgan fingerprint density at radius 3 is 2.63 bits per heavy atom. The van der Waals surface area contributed by atoms with Crippen LogP contribution in [0.4, 0.5) is 17.6 Å². The number of carbonyl (C=O) groups is 1. The van der Waals surface area contributed by atoms with E-state index in [-0.39, 0.29) is 5.56 Å². The van der Waals surface area contributed by atoms with Crippen molar-refractivity contribution in [3.8, 4) is 0 Å². The fourth-order valence-corrected chi connectivity index (χ4v) is 1.41. The maximum atomic E-state index is 12.6. The molecular weight excluding hydrogens is 264 g/mol. The van der Waals surface area contributed by atoms with Crippen LogP contribution in [0.2, 0.25) is 0 Å². The SMILES string of the molecule is NCCc1cccc(C(=O)NCC(F)(F)C(F)F)c1. The highest BCUT2D eigenvalue weighted by Crippen LogP contribution is 2.21. The summed E-state index contributed by atoms with van der Waals surface area (Å²) in [6, 6.07) is 6.21. The Balaban J connectivity index is 2.66. The number of nitrogens with two attached hydrogens (primary N) is 1. The lowest BCUT2D eigenvalue weighted by Crippen LogP contribution is -2.41. The molecule has 1 amide bonds.